The van der Waals surface area contributed by atoms with Gasteiger partial charge in [0.1, 0.15) is 5.75 Å². The second kappa shape index (κ2) is 8.11. The summed E-state index contributed by atoms with van der Waals surface area (Å²) in [6.45, 7) is 0.609. The van der Waals surface area contributed by atoms with E-state index in [-0.39, 0.29) is 24.0 Å². The Kier molecular flexibility index (Phi) is 5.58. The second-order valence-electron chi connectivity index (χ2n) is 7.70. The fourth-order valence-electron chi connectivity index (χ4n) is 4.80. The van der Waals surface area contributed by atoms with Gasteiger partial charge in [-0.3, -0.25) is 4.79 Å². The minimum Gasteiger partial charge on any atom is -0.496 e. The summed E-state index contributed by atoms with van der Waals surface area (Å²) in [5.41, 5.74) is 2.18. The lowest BCUT2D eigenvalue weighted by atomic mass is 9.84. The Morgan fingerprint density at radius 1 is 1.25 bits per heavy atom. The predicted molar refractivity (Wildman–Crippen MR) is 109 cm³/mol. The number of ether oxygens (including phenoxy) is 1. The van der Waals surface area contributed by atoms with Crippen molar-refractivity contribution in [2.24, 2.45) is 11.8 Å². The molecule has 3 N–H and O–H groups in total. The van der Waals surface area contributed by atoms with Crippen molar-refractivity contribution in [3.05, 3.63) is 64.7 Å². The van der Waals surface area contributed by atoms with Gasteiger partial charge in [0.2, 0.25) is 0 Å². The molecule has 0 aromatic heterocycles. The first kappa shape index (κ1) is 19.2. The van der Waals surface area contributed by atoms with Gasteiger partial charge in [0.25, 0.3) is 0 Å². The number of rotatable bonds is 6. The van der Waals surface area contributed by atoms with E-state index in [1.165, 1.54) is 5.56 Å². The van der Waals surface area contributed by atoms with Crippen LogP contribution in [0.15, 0.2) is 48.5 Å². The molecule has 1 saturated heterocycles. The molecule has 28 heavy (non-hydrogen) atoms. The fraction of sp³-hybridized carbons (Fsp3) is 0.409. The van der Waals surface area contributed by atoms with Crippen LogP contribution in [0, 0.1) is 11.8 Å². The maximum atomic E-state index is 11.7. The molecule has 5 atom stereocenters. The number of piperidine rings is 1. The Labute approximate surface area is 170 Å². The summed E-state index contributed by atoms with van der Waals surface area (Å²) in [5, 5.41) is 17.6. The quantitative estimate of drug-likeness (QED) is 0.690. The van der Waals surface area contributed by atoms with E-state index in [9.17, 15) is 9.90 Å². The Bertz CT molecular complexity index is 845. The Hall–Kier alpha value is -2.08. The van der Waals surface area contributed by atoms with Gasteiger partial charge in [-0.25, -0.2) is 0 Å². The van der Waals surface area contributed by atoms with Gasteiger partial charge in [-0.2, -0.15) is 0 Å². The SMILES string of the molecule is COc1ccc(Cl)cc1CNC1C2CC(NC1c1ccccc1)C(C(=O)O)C2. The number of hydrogen-bond donors (Lipinski definition) is 3. The van der Waals surface area contributed by atoms with E-state index >= 15 is 0 Å². The molecule has 2 fully saturated rings. The third-order valence-electron chi connectivity index (χ3n) is 6.11. The number of nitrogens with one attached hydrogen (secondary N) is 2. The molecule has 0 spiro atoms. The van der Waals surface area contributed by atoms with Crippen LogP contribution in [0.4, 0.5) is 0 Å². The summed E-state index contributed by atoms with van der Waals surface area (Å²) in [7, 11) is 1.65. The first-order valence-electron chi connectivity index (χ1n) is 9.66. The Balaban J connectivity index is 1.59. The van der Waals surface area contributed by atoms with Crippen LogP contribution in [0.25, 0.3) is 0 Å². The Morgan fingerprint density at radius 2 is 2.04 bits per heavy atom. The van der Waals surface area contributed by atoms with E-state index < -0.39 is 5.97 Å². The number of aliphatic carboxylic acids is 1. The van der Waals surface area contributed by atoms with E-state index in [2.05, 4.69) is 22.8 Å². The lowest BCUT2D eigenvalue weighted by molar-refractivity contribution is -0.142. The lowest BCUT2D eigenvalue weighted by Crippen LogP contribution is -2.52. The molecule has 2 aromatic rings. The van der Waals surface area contributed by atoms with Gasteiger partial charge in [-0.15, -0.1) is 0 Å². The number of benzene rings is 2. The first-order valence-corrected chi connectivity index (χ1v) is 10.0. The standard InChI is InChI=1S/C22H25ClN2O3/c1-28-19-8-7-16(23)9-15(19)12-24-20-14-10-17(22(26)27)18(11-14)25-21(20)13-5-3-2-4-6-13/h2-9,14,17-18,20-21,24-25H,10-12H2,1H3,(H,26,27). The van der Waals surface area contributed by atoms with Gasteiger partial charge < -0.3 is 20.5 Å². The zero-order valence-electron chi connectivity index (χ0n) is 15.8. The molecule has 5 nitrogen and oxygen atoms in total. The average molecular weight is 401 g/mol. The van der Waals surface area contributed by atoms with Crippen LogP contribution in [-0.4, -0.2) is 30.3 Å². The number of methoxy groups -OCH3 is 1. The minimum absolute atomic E-state index is 0.0199. The van der Waals surface area contributed by atoms with E-state index in [0.717, 1.165) is 17.7 Å². The van der Waals surface area contributed by atoms with Gasteiger partial charge in [0, 0.05) is 35.3 Å². The van der Waals surface area contributed by atoms with Crippen LogP contribution < -0.4 is 15.4 Å². The number of halogens is 1. The highest BCUT2D eigenvalue weighted by Crippen LogP contribution is 2.43. The molecule has 0 amide bonds. The van der Waals surface area contributed by atoms with Crippen molar-refractivity contribution in [1.82, 2.24) is 10.6 Å². The van der Waals surface area contributed by atoms with E-state index in [1.807, 2.05) is 36.4 Å². The number of hydrogen-bond acceptors (Lipinski definition) is 4. The average Bonchev–Trinajstić information content (AvgIpc) is 3.06. The molecule has 6 heteroatoms. The van der Waals surface area contributed by atoms with Crippen LogP contribution in [0.3, 0.4) is 0 Å². The first-order chi connectivity index (χ1) is 13.6. The van der Waals surface area contributed by atoms with Crippen LogP contribution >= 0.6 is 11.6 Å². The zero-order valence-corrected chi connectivity index (χ0v) is 16.5. The largest absolute Gasteiger partial charge is 0.496 e. The van der Waals surface area contributed by atoms with Gasteiger partial charge in [-0.1, -0.05) is 41.9 Å². The van der Waals surface area contributed by atoms with Crippen molar-refractivity contribution in [3.8, 4) is 5.75 Å². The number of carbonyl (C=O) groups is 1. The van der Waals surface area contributed by atoms with Crippen LogP contribution in [0.1, 0.15) is 30.0 Å². The third-order valence-corrected chi connectivity index (χ3v) is 6.34. The lowest BCUT2D eigenvalue weighted by Gasteiger charge is -2.39. The molecule has 5 unspecified atom stereocenters. The van der Waals surface area contributed by atoms with Crippen molar-refractivity contribution in [1.29, 1.82) is 0 Å². The third kappa shape index (κ3) is 3.75. The van der Waals surface area contributed by atoms with Gasteiger partial charge in [0.05, 0.1) is 13.0 Å². The summed E-state index contributed by atoms with van der Waals surface area (Å²) in [5.74, 6) is 0.0695. The smallest absolute Gasteiger partial charge is 0.308 e. The number of carboxylic acid groups (broad SMARTS) is 1. The molecule has 1 aliphatic carbocycles. The number of carboxylic acids is 1. The van der Waals surface area contributed by atoms with Crippen LogP contribution in [-0.2, 0) is 11.3 Å². The van der Waals surface area contributed by atoms with E-state index in [1.54, 1.807) is 7.11 Å². The van der Waals surface area contributed by atoms with Crippen molar-refractivity contribution in [2.45, 2.75) is 37.5 Å². The zero-order chi connectivity index (χ0) is 19.7. The summed E-state index contributed by atoms with van der Waals surface area (Å²) in [6, 6.07) is 16.1. The molecule has 1 aliphatic heterocycles. The van der Waals surface area contributed by atoms with Crippen LogP contribution in [0.2, 0.25) is 5.02 Å². The normalized spacial score (nSPS) is 28.9. The maximum Gasteiger partial charge on any atom is 0.308 e. The Morgan fingerprint density at radius 3 is 2.75 bits per heavy atom. The molecule has 2 aliphatic rings. The molecule has 2 bridgehead atoms. The molecular weight excluding hydrogens is 376 g/mol. The highest BCUT2D eigenvalue weighted by Gasteiger charge is 2.49. The van der Waals surface area contributed by atoms with Crippen molar-refractivity contribution in [3.63, 3.8) is 0 Å². The summed E-state index contributed by atoms with van der Waals surface area (Å²) in [6.07, 6.45) is 1.57. The number of fused-ring (bicyclic) bond motifs is 2. The monoisotopic (exact) mass is 400 g/mol. The minimum atomic E-state index is -0.705. The molecule has 1 saturated carbocycles. The van der Waals surface area contributed by atoms with E-state index in [4.69, 9.17) is 16.3 Å². The highest BCUT2D eigenvalue weighted by molar-refractivity contribution is 6.30. The molecule has 0 radical (unpaired) electrons. The van der Waals surface area contributed by atoms with Crippen LogP contribution in [0.5, 0.6) is 5.75 Å². The summed E-state index contributed by atoms with van der Waals surface area (Å²) < 4.78 is 5.47. The van der Waals surface area contributed by atoms with Crippen molar-refractivity contribution < 1.29 is 14.6 Å². The second-order valence-corrected chi connectivity index (χ2v) is 8.14. The van der Waals surface area contributed by atoms with Gasteiger partial charge in [-0.05, 0) is 42.5 Å². The highest BCUT2D eigenvalue weighted by atomic mass is 35.5. The van der Waals surface area contributed by atoms with Gasteiger partial charge >= 0.3 is 5.97 Å². The predicted octanol–water partition coefficient (Wildman–Crippen LogP) is 3.63. The summed E-state index contributed by atoms with van der Waals surface area (Å²) >= 11 is 6.18. The summed E-state index contributed by atoms with van der Waals surface area (Å²) in [4.78, 5) is 11.7. The van der Waals surface area contributed by atoms with Crippen molar-refractivity contribution >= 4 is 17.6 Å². The van der Waals surface area contributed by atoms with E-state index in [0.29, 0.717) is 23.9 Å². The topological polar surface area (TPSA) is 70.6 Å². The molecule has 4 rings (SSSR count). The molecule has 2 aromatic carbocycles. The molecular formula is C22H25ClN2O3. The maximum absolute atomic E-state index is 11.7. The molecule has 148 valence electrons. The van der Waals surface area contributed by atoms with Gasteiger partial charge in [0.15, 0.2) is 0 Å². The van der Waals surface area contributed by atoms with Crippen molar-refractivity contribution in [2.75, 3.05) is 7.11 Å². The fourth-order valence-corrected chi connectivity index (χ4v) is 4.99. The molecule has 1 heterocycles.